The van der Waals surface area contributed by atoms with Crippen molar-refractivity contribution in [3.63, 3.8) is 0 Å². The van der Waals surface area contributed by atoms with Gasteiger partial charge in [0.15, 0.2) is 0 Å². The van der Waals surface area contributed by atoms with Crippen LogP contribution in [0.4, 0.5) is 0 Å². The molecule has 1 amide bonds. The van der Waals surface area contributed by atoms with E-state index in [1.807, 2.05) is 72.8 Å². The summed E-state index contributed by atoms with van der Waals surface area (Å²) in [7, 11) is 1.55. The first-order chi connectivity index (χ1) is 19.7. The van der Waals surface area contributed by atoms with Crippen molar-refractivity contribution in [3.8, 4) is 5.75 Å². The predicted octanol–water partition coefficient (Wildman–Crippen LogP) is 6.62. The Bertz CT molecular complexity index is 1510. The van der Waals surface area contributed by atoms with Crippen LogP contribution in [0.3, 0.4) is 0 Å². The number of hydrogen-bond donors (Lipinski definition) is 2. The number of aliphatic hydroxyl groups excluding tert-OH is 1. The molecule has 1 aromatic heterocycles. The molecule has 9 heteroatoms. The highest BCUT2D eigenvalue weighted by Gasteiger charge is 2.20. The number of carboxylic acid groups (broad SMARTS) is 1. The molecule has 0 bridgehead atoms. The highest BCUT2D eigenvalue weighted by molar-refractivity contribution is 7.99. The van der Waals surface area contributed by atoms with E-state index in [0.717, 1.165) is 27.7 Å². The molecule has 41 heavy (non-hydrogen) atoms. The average molecular weight is 593 g/mol. The Morgan fingerprint density at radius 1 is 1.05 bits per heavy atom. The predicted molar refractivity (Wildman–Crippen MR) is 163 cm³/mol. The van der Waals surface area contributed by atoms with Crippen LogP contribution >= 0.6 is 23.4 Å². The minimum Gasteiger partial charge on any atom is -0.487 e. The minimum atomic E-state index is -0.833. The Balaban J connectivity index is 1.51. The average Bonchev–Trinajstić information content (AvgIpc) is 2.99. The lowest BCUT2D eigenvalue weighted by Crippen LogP contribution is -2.28. The van der Waals surface area contributed by atoms with E-state index in [0.29, 0.717) is 34.9 Å². The van der Waals surface area contributed by atoms with E-state index < -0.39 is 11.9 Å². The van der Waals surface area contributed by atoms with Crippen molar-refractivity contribution in [2.24, 2.45) is 5.92 Å². The van der Waals surface area contributed by atoms with Gasteiger partial charge in [0.2, 0.25) is 0 Å². The monoisotopic (exact) mass is 592 g/mol. The molecule has 3 aromatic carbocycles. The SMILES string of the molecule is CC(CSC(CCc1ccccc1C(=O)N(C)CO)c1cccc(OCc2ccc3ccc(Cl)cc3n2)c1)C(=O)O. The lowest BCUT2D eigenvalue weighted by molar-refractivity contribution is -0.140. The third kappa shape index (κ3) is 8.22. The molecule has 0 saturated carbocycles. The topological polar surface area (TPSA) is 100.0 Å². The number of aliphatic hydroxyl groups is 1. The summed E-state index contributed by atoms with van der Waals surface area (Å²) in [6.07, 6.45) is 1.29. The number of ether oxygens (including phenoxy) is 1. The Kier molecular flexibility index (Phi) is 10.6. The van der Waals surface area contributed by atoms with Crippen molar-refractivity contribution in [3.05, 3.63) is 106 Å². The van der Waals surface area contributed by atoms with Crippen molar-refractivity contribution >= 4 is 46.1 Å². The van der Waals surface area contributed by atoms with Gasteiger partial charge in [-0.05, 0) is 60.4 Å². The van der Waals surface area contributed by atoms with E-state index in [-0.39, 0.29) is 24.5 Å². The van der Waals surface area contributed by atoms with Crippen molar-refractivity contribution < 1.29 is 24.5 Å². The fourth-order valence-electron chi connectivity index (χ4n) is 4.36. The van der Waals surface area contributed by atoms with Crippen molar-refractivity contribution in [1.29, 1.82) is 0 Å². The van der Waals surface area contributed by atoms with Gasteiger partial charge in [0.1, 0.15) is 19.1 Å². The van der Waals surface area contributed by atoms with Gasteiger partial charge in [0.05, 0.1) is 17.1 Å². The molecule has 214 valence electrons. The van der Waals surface area contributed by atoms with Crippen LogP contribution in [0.25, 0.3) is 10.9 Å². The van der Waals surface area contributed by atoms with E-state index in [2.05, 4.69) is 4.98 Å². The smallest absolute Gasteiger partial charge is 0.307 e. The van der Waals surface area contributed by atoms with Gasteiger partial charge in [-0.2, -0.15) is 11.8 Å². The fraction of sp³-hybridized carbons (Fsp3) is 0.281. The second kappa shape index (κ2) is 14.3. The molecule has 0 spiro atoms. The number of halogens is 1. The number of hydrogen-bond acceptors (Lipinski definition) is 6. The number of carboxylic acids is 1. The number of carbonyl (C=O) groups is 2. The maximum absolute atomic E-state index is 12.8. The summed E-state index contributed by atoms with van der Waals surface area (Å²) in [6, 6.07) is 24.7. The first kappa shape index (κ1) is 30.4. The van der Waals surface area contributed by atoms with E-state index >= 15 is 0 Å². The number of nitrogens with zero attached hydrogens (tertiary/aromatic N) is 2. The molecule has 0 aliphatic heterocycles. The molecular weight excluding hydrogens is 560 g/mol. The lowest BCUT2D eigenvalue weighted by Gasteiger charge is -2.21. The number of amides is 1. The zero-order chi connectivity index (χ0) is 29.4. The van der Waals surface area contributed by atoms with Crippen LogP contribution in [-0.2, 0) is 17.8 Å². The van der Waals surface area contributed by atoms with Gasteiger partial charge in [0, 0.05) is 34.0 Å². The van der Waals surface area contributed by atoms with Crippen LogP contribution in [0, 0.1) is 5.92 Å². The zero-order valence-electron chi connectivity index (χ0n) is 23.0. The van der Waals surface area contributed by atoms with Gasteiger partial charge >= 0.3 is 5.97 Å². The molecule has 0 aliphatic carbocycles. The van der Waals surface area contributed by atoms with Gasteiger partial charge in [-0.3, -0.25) is 9.59 Å². The van der Waals surface area contributed by atoms with Crippen molar-refractivity contribution in [1.82, 2.24) is 9.88 Å². The Hall–Kier alpha value is -3.59. The van der Waals surface area contributed by atoms with E-state index in [4.69, 9.17) is 16.3 Å². The van der Waals surface area contributed by atoms with Crippen molar-refractivity contribution in [2.75, 3.05) is 19.5 Å². The highest BCUT2D eigenvalue weighted by atomic mass is 35.5. The standard InChI is InChI=1S/C32H33ClN2O5S/c1-21(32(38)39)19-41-30(15-12-22-6-3-4-9-28(22)31(37)35(2)20-36)24-7-5-8-27(16-24)40-18-26-14-11-23-10-13-25(33)17-29(23)34-26/h3-11,13-14,16-17,21,30,36H,12,15,18-20H2,1-2H3,(H,38,39). The molecular formula is C32H33ClN2O5S. The lowest BCUT2D eigenvalue weighted by atomic mass is 9.98. The van der Waals surface area contributed by atoms with Crippen LogP contribution in [0.2, 0.25) is 5.02 Å². The number of aromatic nitrogens is 1. The minimum absolute atomic E-state index is 0.0278. The van der Waals surface area contributed by atoms with Gasteiger partial charge in [-0.25, -0.2) is 4.98 Å². The number of pyridine rings is 1. The molecule has 7 nitrogen and oxygen atoms in total. The number of thioether (sulfide) groups is 1. The first-order valence-corrected chi connectivity index (χ1v) is 14.7. The molecule has 0 saturated heterocycles. The van der Waals surface area contributed by atoms with Gasteiger partial charge < -0.3 is 19.8 Å². The summed E-state index contributed by atoms with van der Waals surface area (Å²) in [5.74, 6) is -0.441. The Labute approximate surface area is 249 Å². The molecule has 2 N–H and O–H groups in total. The number of aliphatic carboxylic acids is 1. The quantitative estimate of drug-likeness (QED) is 0.168. The maximum Gasteiger partial charge on any atom is 0.307 e. The molecule has 1 heterocycles. The van der Waals surface area contributed by atoms with Crippen LogP contribution < -0.4 is 4.74 Å². The third-order valence-electron chi connectivity index (χ3n) is 6.78. The van der Waals surface area contributed by atoms with Crippen LogP contribution in [-0.4, -0.2) is 51.5 Å². The molecule has 0 fully saturated rings. The number of aryl methyl sites for hydroxylation is 1. The van der Waals surface area contributed by atoms with Crippen LogP contribution in [0.15, 0.2) is 78.9 Å². The Morgan fingerprint density at radius 2 is 1.83 bits per heavy atom. The molecule has 4 aromatic rings. The van der Waals surface area contributed by atoms with Gasteiger partial charge in [-0.1, -0.05) is 61.0 Å². The number of rotatable bonds is 13. The largest absolute Gasteiger partial charge is 0.487 e. The number of benzene rings is 3. The summed E-state index contributed by atoms with van der Waals surface area (Å²) in [6.45, 7) is 1.62. The Morgan fingerprint density at radius 3 is 2.61 bits per heavy atom. The zero-order valence-corrected chi connectivity index (χ0v) is 24.6. The molecule has 0 radical (unpaired) electrons. The van der Waals surface area contributed by atoms with Crippen molar-refractivity contribution in [2.45, 2.75) is 31.6 Å². The molecule has 4 rings (SSSR count). The second-order valence-corrected chi connectivity index (χ2v) is 11.6. The number of fused-ring (bicyclic) bond motifs is 1. The maximum atomic E-state index is 12.8. The van der Waals surface area contributed by atoms with Gasteiger partial charge in [0.25, 0.3) is 5.91 Å². The van der Waals surface area contributed by atoms with E-state index in [9.17, 15) is 19.8 Å². The highest BCUT2D eigenvalue weighted by Crippen LogP contribution is 2.36. The summed E-state index contributed by atoms with van der Waals surface area (Å²) in [5, 5.41) is 20.5. The first-order valence-electron chi connectivity index (χ1n) is 13.3. The molecule has 2 unspecified atom stereocenters. The van der Waals surface area contributed by atoms with Gasteiger partial charge in [-0.15, -0.1) is 0 Å². The van der Waals surface area contributed by atoms with E-state index in [1.165, 1.54) is 4.90 Å². The summed E-state index contributed by atoms with van der Waals surface area (Å²) < 4.78 is 6.11. The second-order valence-electron chi connectivity index (χ2n) is 9.90. The summed E-state index contributed by atoms with van der Waals surface area (Å²) in [4.78, 5) is 30.2. The van der Waals surface area contributed by atoms with E-state index in [1.54, 1.807) is 31.8 Å². The number of carbonyl (C=O) groups excluding carboxylic acids is 1. The summed E-state index contributed by atoms with van der Waals surface area (Å²) in [5.41, 5.74) is 4.03. The van der Waals surface area contributed by atoms with Crippen LogP contribution in [0.1, 0.15) is 45.8 Å². The van der Waals surface area contributed by atoms with Crippen LogP contribution in [0.5, 0.6) is 5.75 Å². The normalized spacial score (nSPS) is 12.6. The summed E-state index contributed by atoms with van der Waals surface area (Å²) >= 11 is 7.71. The molecule has 2 atom stereocenters. The fourth-order valence-corrected chi connectivity index (χ4v) is 5.81. The molecule has 0 aliphatic rings. The third-order valence-corrected chi connectivity index (χ3v) is 8.62.